The number of rotatable bonds is 3. The van der Waals surface area contributed by atoms with E-state index in [0.29, 0.717) is 12.0 Å². The summed E-state index contributed by atoms with van der Waals surface area (Å²) in [6.07, 6.45) is 2.76. The van der Waals surface area contributed by atoms with Gasteiger partial charge in [0, 0.05) is 6.04 Å². The summed E-state index contributed by atoms with van der Waals surface area (Å²) in [6, 6.07) is 0.347. The summed E-state index contributed by atoms with van der Waals surface area (Å²) in [4.78, 5) is 11.0. The molecule has 0 radical (unpaired) electrons. The molecule has 1 fully saturated rings. The van der Waals surface area contributed by atoms with Crippen LogP contribution in [0.2, 0.25) is 0 Å². The highest BCUT2D eigenvalue weighted by atomic mass is 16.2. The van der Waals surface area contributed by atoms with Crippen LogP contribution in [0.25, 0.3) is 0 Å². The van der Waals surface area contributed by atoms with Crippen molar-refractivity contribution >= 4 is 5.91 Å². The smallest absolute Gasteiger partial charge is 0.225 e. The van der Waals surface area contributed by atoms with Gasteiger partial charge in [-0.2, -0.15) is 0 Å². The number of β-lactam (4-membered cyclic amide) rings is 1. The monoisotopic (exact) mass is 153 g/mol. The van der Waals surface area contributed by atoms with Crippen LogP contribution < -0.4 is 5.32 Å². The molecule has 0 spiro atoms. The number of carbonyl (C=O) groups excluding carboxylic acids is 1. The van der Waals surface area contributed by atoms with Crippen LogP contribution in [0.3, 0.4) is 0 Å². The maximum atomic E-state index is 11.0. The highest BCUT2D eigenvalue weighted by Crippen LogP contribution is 2.25. The summed E-state index contributed by atoms with van der Waals surface area (Å²) < 4.78 is 0. The maximum absolute atomic E-state index is 11.0. The summed E-state index contributed by atoms with van der Waals surface area (Å²) in [6.45, 7) is 7.82. The van der Waals surface area contributed by atoms with Gasteiger partial charge < -0.3 is 5.32 Å². The minimum Gasteiger partial charge on any atom is -0.352 e. The lowest BCUT2D eigenvalue weighted by Gasteiger charge is -2.38. The third kappa shape index (κ3) is 1.44. The Morgan fingerprint density at radius 3 is 2.73 bits per heavy atom. The standard InChI is InChI=1S/C9H15NO/c1-4-5-7-8(6(2)3)9(11)10-7/h4,6-8H,1,5H2,2-3H3,(H,10,11)/t7-,8-/m0/s1. The molecule has 1 amide bonds. The second kappa shape index (κ2) is 3.07. The molecule has 2 heteroatoms. The molecule has 1 N–H and O–H groups in total. The average molecular weight is 153 g/mol. The largest absolute Gasteiger partial charge is 0.352 e. The molecule has 1 aliphatic rings. The predicted molar refractivity (Wildman–Crippen MR) is 45.1 cm³/mol. The van der Waals surface area contributed by atoms with Gasteiger partial charge in [0.1, 0.15) is 0 Å². The van der Waals surface area contributed by atoms with Crippen molar-refractivity contribution in [3.63, 3.8) is 0 Å². The van der Waals surface area contributed by atoms with E-state index in [-0.39, 0.29) is 11.8 Å². The number of amides is 1. The minimum absolute atomic E-state index is 0.201. The molecule has 0 aliphatic carbocycles. The van der Waals surface area contributed by atoms with Crippen molar-refractivity contribution in [1.82, 2.24) is 5.32 Å². The highest BCUT2D eigenvalue weighted by molar-refractivity contribution is 5.86. The molecule has 0 aromatic heterocycles. The molecule has 0 unspecified atom stereocenters. The lowest BCUT2D eigenvalue weighted by atomic mass is 9.80. The molecule has 2 nitrogen and oxygen atoms in total. The number of nitrogens with one attached hydrogen (secondary N) is 1. The molecule has 11 heavy (non-hydrogen) atoms. The Kier molecular flexibility index (Phi) is 2.32. The molecular formula is C9H15NO. The van der Waals surface area contributed by atoms with E-state index in [0.717, 1.165) is 6.42 Å². The summed E-state index contributed by atoms with van der Waals surface area (Å²) >= 11 is 0. The van der Waals surface area contributed by atoms with Crippen LogP contribution in [0, 0.1) is 11.8 Å². The van der Waals surface area contributed by atoms with Crippen LogP contribution in [0.4, 0.5) is 0 Å². The zero-order chi connectivity index (χ0) is 8.43. The Morgan fingerprint density at radius 1 is 1.73 bits per heavy atom. The Morgan fingerprint density at radius 2 is 2.36 bits per heavy atom. The van der Waals surface area contributed by atoms with Gasteiger partial charge in [-0.3, -0.25) is 4.79 Å². The van der Waals surface area contributed by atoms with E-state index in [4.69, 9.17) is 0 Å². The molecule has 1 aliphatic heterocycles. The van der Waals surface area contributed by atoms with E-state index < -0.39 is 0 Å². The molecule has 1 rings (SSSR count). The summed E-state index contributed by atoms with van der Waals surface area (Å²) in [5, 5.41) is 2.86. The lowest BCUT2D eigenvalue weighted by Crippen LogP contribution is -2.59. The number of hydrogen-bond donors (Lipinski definition) is 1. The first-order valence-corrected chi connectivity index (χ1v) is 4.08. The van der Waals surface area contributed by atoms with Crippen LogP contribution in [0.5, 0.6) is 0 Å². The van der Waals surface area contributed by atoms with Gasteiger partial charge in [0.2, 0.25) is 5.91 Å². The van der Waals surface area contributed by atoms with E-state index in [1.165, 1.54) is 0 Å². The number of hydrogen-bond acceptors (Lipinski definition) is 1. The average Bonchev–Trinajstić information content (AvgIpc) is 1.85. The van der Waals surface area contributed by atoms with Gasteiger partial charge in [0.25, 0.3) is 0 Å². The van der Waals surface area contributed by atoms with Crippen LogP contribution in [-0.4, -0.2) is 11.9 Å². The molecule has 0 bridgehead atoms. The van der Waals surface area contributed by atoms with Gasteiger partial charge in [0.15, 0.2) is 0 Å². The van der Waals surface area contributed by atoms with Crippen molar-refractivity contribution in [1.29, 1.82) is 0 Å². The van der Waals surface area contributed by atoms with Crippen molar-refractivity contribution in [2.75, 3.05) is 0 Å². The summed E-state index contributed by atoms with van der Waals surface area (Å²) in [5.74, 6) is 0.869. The third-order valence-electron chi connectivity index (χ3n) is 2.20. The fourth-order valence-corrected chi connectivity index (χ4v) is 1.61. The van der Waals surface area contributed by atoms with Gasteiger partial charge in [-0.25, -0.2) is 0 Å². The Bertz CT molecular complexity index is 172. The van der Waals surface area contributed by atoms with Gasteiger partial charge in [-0.1, -0.05) is 19.9 Å². The van der Waals surface area contributed by atoms with Crippen LogP contribution in [-0.2, 0) is 4.79 Å². The molecule has 0 saturated carbocycles. The molecule has 0 aromatic carbocycles. The van der Waals surface area contributed by atoms with Gasteiger partial charge in [0.05, 0.1) is 5.92 Å². The van der Waals surface area contributed by atoms with Crippen LogP contribution >= 0.6 is 0 Å². The third-order valence-corrected chi connectivity index (χ3v) is 2.20. The van der Waals surface area contributed by atoms with E-state index in [1.54, 1.807) is 0 Å². The maximum Gasteiger partial charge on any atom is 0.225 e. The van der Waals surface area contributed by atoms with Crippen molar-refractivity contribution < 1.29 is 4.79 Å². The van der Waals surface area contributed by atoms with E-state index in [1.807, 2.05) is 6.08 Å². The fraction of sp³-hybridized carbons (Fsp3) is 0.667. The van der Waals surface area contributed by atoms with E-state index >= 15 is 0 Å². The van der Waals surface area contributed by atoms with Crippen molar-refractivity contribution in [2.24, 2.45) is 11.8 Å². The summed E-state index contributed by atoms with van der Waals surface area (Å²) in [7, 11) is 0. The Hall–Kier alpha value is -0.790. The van der Waals surface area contributed by atoms with Crippen LogP contribution in [0.15, 0.2) is 12.7 Å². The second-order valence-electron chi connectivity index (χ2n) is 3.41. The molecule has 62 valence electrons. The molecule has 1 saturated heterocycles. The zero-order valence-corrected chi connectivity index (χ0v) is 7.13. The lowest BCUT2D eigenvalue weighted by molar-refractivity contribution is -0.137. The van der Waals surface area contributed by atoms with Gasteiger partial charge in [-0.15, -0.1) is 6.58 Å². The van der Waals surface area contributed by atoms with E-state index in [9.17, 15) is 4.79 Å². The van der Waals surface area contributed by atoms with Crippen molar-refractivity contribution in [3.8, 4) is 0 Å². The SMILES string of the molecule is C=CC[C@@H]1NC(=O)[C@H]1C(C)C. The van der Waals surface area contributed by atoms with Gasteiger partial charge >= 0.3 is 0 Å². The first-order chi connectivity index (χ1) is 5.16. The molecule has 2 atom stereocenters. The Labute approximate surface area is 67.7 Å². The topological polar surface area (TPSA) is 29.1 Å². The number of carbonyl (C=O) groups is 1. The van der Waals surface area contributed by atoms with Crippen LogP contribution in [0.1, 0.15) is 20.3 Å². The predicted octanol–water partition coefficient (Wildman–Crippen LogP) is 1.33. The molecule has 1 heterocycles. The van der Waals surface area contributed by atoms with Gasteiger partial charge in [-0.05, 0) is 12.3 Å². The summed E-state index contributed by atoms with van der Waals surface area (Å²) in [5.41, 5.74) is 0. The fourth-order valence-electron chi connectivity index (χ4n) is 1.61. The van der Waals surface area contributed by atoms with E-state index in [2.05, 4.69) is 25.7 Å². The normalized spacial score (nSPS) is 29.5. The second-order valence-corrected chi connectivity index (χ2v) is 3.41. The zero-order valence-electron chi connectivity index (χ0n) is 7.13. The first kappa shape index (κ1) is 8.31. The molecule has 0 aromatic rings. The first-order valence-electron chi connectivity index (χ1n) is 4.08. The van der Waals surface area contributed by atoms with Crippen molar-refractivity contribution in [2.45, 2.75) is 26.3 Å². The Balaban J connectivity index is 2.47. The minimum atomic E-state index is 0.201. The molecular weight excluding hydrogens is 138 g/mol. The van der Waals surface area contributed by atoms with Crippen molar-refractivity contribution in [3.05, 3.63) is 12.7 Å². The quantitative estimate of drug-likeness (QED) is 0.481. The highest BCUT2D eigenvalue weighted by Gasteiger charge is 2.39.